The quantitative estimate of drug-likeness (QED) is 0.706. The first-order chi connectivity index (χ1) is 13.4. The summed E-state index contributed by atoms with van der Waals surface area (Å²) in [4.78, 5) is 17.1. The standard InChI is InChI=1S/C22H20N2O3S.H2/c1-28(26,27)18-11-7-16(8-12-18)15-5-9-17(10-6-15)24-22(25)20-14-19(20)21-4-2-3-13-23-21;/h2-13,19-20H,14H2,1H3,(H,24,25);1H. The first kappa shape index (κ1) is 18.4. The highest BCUT2D eigenvalue weighted by atomic mass is 32.2. The Kier molecular flexibility index (Phi) is 4.73. The Balaban J connectivity index is 0.00000240. The monoisotopic (exact) mass is 394 g/mol. The summed E-state index contributed by atoms with van der Waals surface area (Å²) in [6.45, 7) is 0. The minimum atomic E-state index is -3.20. The van der Waals surface area contributed by atoms with Crippen LogP contribution in [0.3, 0.4) is 0 Å². The number of rotatable bonds is 5. The lowest BCUT2D eigenvalue weighted by Crippen LogP contribution is -2.14. The van der Waals surface area contributed by atoms with E-state index in [2.05, 4.69) is 10.3 Å². The van der Waals surface area contributed by atoms with Gasteiger partial charge in [-0.3, -0.25) is 9.78 Å². The molecule has 2 aromatic carbocycles. The molecular weight excluding hydrogens is 372 g/mol. The summed E-state index contributed by atoms with van der Waals surface area (Å²) in [5, 5.41) is 2.97. The van der Waals surface area contributed by atoms with Gasteiger partial charge in [0.25, 0.3) is 0 Å². The van der Waals surface area contributed by atoms with E-state index in [1.54, 1.807) is 30.5 Å². The van der Waals surface area contributed by atoms with Crippen molar-refractivity contribution in [3.8, 4) is 11.1 Å². The highest BCUT2D eigenvalue weighted by molar-refractivity contribution is 7.90. The van der Waals surface area contributed by atoms with E-state index < -0.39 is 9.84 Å². The van der Waals surface area contributed by atoms with Gasteiger partial charge in [-0.15, -0.1) is 0 Å². The maximum atomic E-state index is 12.4. The van der Waals surface area contributed by atoms with Crippen molar-refractivity contribution in [3.63, 3.8) is 0 Å². The molecule has 1 heterocycles. The number of hydrogen-bond acceptors (Lipinski definition) is 4. The number of hydrogen-bond donors (Lipinski definition) is 1. The minimum absolute atomic E-state index is 0. The second-order valence-corrected chi connectivity index (χ2v) is 9.08. The molecular formula is C22H22N2O3S. The largest absolute Gasteiger partial charge is 0.326 e. The lowest BCUT2D eigenvalue weighted by Gasteiger charge is -2.07. The Morgan fingerprint density at radius 3 is 2.21 bits per heavy atom. The fourth-order valence-electron chi connectivity index (χ4n) is 3.28. The molecule has 0 bridgehead atoms. The summed E-state index contributed by atoms with van der Waals surface area (Å²) < 4.78 is 23.1. The van der Waals surface area contributed by atoms with E-state index in [1.165, 1.54) is 6.26 Å². The SMILES string of the molecule is CS(=O)(=O)c1ccc(-c2ccc(NC(=O)C3CC3c3ccccn3)cc2)cc1.[HH]. The van der Waals surface area contributed by atoms with Crippen molar-refractivity contribution in [3.05, 3.63) is 78.6 Å². The first-order valence-corrected chi connectivity index (χ1v) is 10.9. The van der Waals surface area contributed by atoms with E-state index >= 15 is 0 Å². The van der Waals surface area contributed by atoms with Crippen LogP contribution in [0.15, 0.2) is 77.8 Å². The van der Waals surface area contributed by atoms with Crippen LogP contribution in [0.25, 0.3) is 11.1 Å². The maximum absolute atomic E-state index is 12.4. The van der Waals surface area contributed by atoms with Gasteiger partial charge in [-0.1, -0.05) is 30.3 Å². The predicted octanol–water partition coefficient (Wildman–Crippen LogP) is 4.14. The Bertz CT molecular complexity index is 1100. The Morgan fingerprint density at radius 1 is 1.00 bits per heavy atom. The van der Waals surface area contributed by atoms with Crippen molar-refractivity contribution < 1.29 is 14.6 Å². The van der Waals surface area contributed by atoms with Gasteiger partial charge in [0.05, 0.1) is 4.90 Å². The molecule has 6 heteroatoms. The van der Waals surface area contributed by atoms with Crippen LogP contribution in [0, 0.1) is 5.92 Å². The van der Waals surface area contributed by atoms with Crippen molar-refractivity contribution in [1.29, 1.82) is 0 Å². The van der Waals surface area contributed by atoms with Crippen LogP contribution in [-0.2, 0) is 14.6 Å². The molecule has 0 radical (unpaired) electrons. The van der Waals surface area contributed by atoms with Crippen LogP contribution in [0.5, 0.6) is 0 Å². The predicted molar refractivity (Wildman–Crippen MR) is 111 cm³/mol. The molecule has 1 amide bonds. The molecule has 1 fully saturated rings. The van der Waals surface area contributed by atoms with E-state index in [0.29, 0.717) is 4.90 Å². The topological polar surface area (TPSA) is 76.1 Å². The van der Waals surface area contributed by atoms with Gasteiger partial charge in [-0.25, -0.2) is 8.42 Å². The zero-order valence-electron chi connectivity index (χ0n) is 15.4. The Labute approximate surface area is 165 Å². The molecule has 1 saturated carbocycles. The van der Waals surface area contributed by atoms with E-state index in [0.717, 1.165) is 28.9 Å². The molecule has 0 spiro atoms. The number of benzene rings is 2. The molecule has 1 aromatic heterocycles. The maximum Gasteiger partial charge on any atom is 0.228 e. The molecule has 1 aliphatic rings. The molecule has 3 aromatic rings. The highest BCUT2D eigenvalue weighted by Crippen LogP contribution is 2.47. The summed E-state index contributed by atoms with van der Waals surface area (Å²) in [5.41, 5.74) is 3.59. The Hall–Kier alpha value is -2.99. The number of carbonyl (C=O) groups excluding carboxylic acids is 1. The van der Waals surface area contributed by atoms with Crippen molar-refractivity contribution in [2.45, 2.75) is 17.2 Å². The van der Waals surface area contributed by atoms with Crippen LogP contribution >= 0.6 is 0 Å². The van der Waals surface area contributed by atoms with Crippen molar-refractivity contribution in [2.24, 2.45) is 5.92 Å². The van der Waals surface area contributed by atoms with Crippen LogP contribution in [0.4, 0.5) is 5.69 Å². The van der Waals surface area contributed by atoms with Crippen LogP contribution in [0.2, 0.25) is 0 Å². The average molecular weight is 394 g/mol. The van der Waals surface area contributed by atoms with Crippen LogP contribution in [-0.4, -0.2) is 25.6 Å². The summed E-state index contributed by atoms with van der Waals surface area (Å²) >= 11 is 0. The normalized spacial score (nSPS) is 18.5. The molecule has 144 valence electrons. The number of nitrogens with one attached hydrogen (secondary N) is 1. The first-order valence-electron chi connectivity index (χ1n) is 9.04. The fourth-order valence-corrected chi connectivity index (χ4v) is 3.91. The van der Waals surface area contributed by atoms with Crippen LogP contribution < -0.4 is 5.32 Å². The smallest absolute Gasteiger partial charge is 0.228 e. The molecule has 5 nitrogen and oxygen atoms in total. The molecule has 1 N–H and O–H groups in total. The fraction of sp³-hybridized carbons (Fsp3) is 0.182. The molecule has 2 atom stereocenters. The van der Waals surface area contributed by atoms with Gasteiger partial charge < -0.3 is 5.32 Å². The number of amides is 1. The zero-order chi connectivity index (χ0) is 19.7. The number of sulfone groups is 1. The molecule has 0 saturated heterocycles. The van der Waals surface area contributed by atoms with E-state index in [9.17, 15) is 13.2 Å². The average Bonchev–Trinajstić information content (AvgIpc) is 3.50. The summed E-state index contributed by atoms with van der Waals surface area (Å²) in [7, 11) is -3.20. The third-order valence-corrected chi connectivity index (χ3v) is 6.09. The Morgan fingerprint density at radius 2 is 1.64 bits per heavy atom. The number of anilines is 1. The lowest BCUT2D eigenvalue weighted by atomic mass is 10.1. The third-order valence-electron chi connectivity index (χ3n) is 4.96. The number of aromatic nitrogens is 1. The summed E-state index contributed by atoms with van der Waals surface area (Å²) in [5.74, 6) is 0.188. The van der Waals surface area contributed by atoms with Gasteiger partial charge in [-0.2, -0.15) is 0 Å². The number of nitrogens with zero attached hydrogens (tertiary/aromatic N) is 1. The molecule has 1 aliphatic carbocycles. The molecule has 28 heavy (non-hydrogen) atoms. The molecule has 4 rings (SSSR count). The van der Waals surface area contributed by atoms with Gasteiger partial charge in [-0.05, 0) is 53.9 Å². The van der Waals surface area contributed by atoms with E-state index in [1.807, 2.05) is 42.5 Å². The van der Waals surface area contributed by atoms with Crippen LogP contribution in [0.1, 0.15) is 19.5 Å². The van der Waals surface area contributed by atoms with Crippen molar-refractivity contribution in [1.82, 2.24) is 4.98 Å². The van der Waals surface area contributed by atoms with Gasteiger partial charge in [0.15, 0.2) is 9.84 Å². The lowest BCUT2D eigenvalue weighted by molar-refractivity contribution is -0.117. The zero-order valence-corrected chi connectivity index (χ0v) is 16.2. The van der Waals surface area contributed by atoms with Crippen molar-refractivity contribution in [2.75, 3.05) is 11.6 Å². The third kappa shape index (κ3) is 3.97. The van der Waals surface area contributed by atoms with Gasteiger partial charge >= 0.3 is 0 Å². The van der Waals surface area contributed by atoms with E-state index in [-0.39, 0.29) is 19.2 Å². The number of carbonyl (C=O) groups is 1. The second kappa shape index (κ2) is 7.20. The van der Waals surface area contributed by atoms with E-state index in [4.69, 9.17) is 0 Å². The molecule has 2 unspecified atom stereocenters. The molecule has 0 aliphatic heterocycles. The van der Waals surface area contributed by atoms with Gasteiger partial charge in [0, 0.05) is 37.1 Å². The summed E-state index contributed by atoms with van der Waals surface area (Å²) in [6, 6.07) is 20.1. The van der Waals surface area contributed by atoms with Gasteiger partial charge in [0.1, 0.15) is 0 Å². The van der Waals surface area contributed by atoms with Crippen molar-refractivity contribution >= 4 is 21.4 Å². The highest BCUT2D eigenvalue weighted by Gasteiger charge is 2.44. The number of pyridine rings is 1. The van der Waals surface area contributed by atoms with Gasteiger partial charge in [0.2, 0.25) is 5.91 Å². The second-order valence-electron chi connectivity index (χ2n) is 7.07. The summed E-state index contributed by atoms with van der Waals surface area (Å²) in [6.07, 6.45) is 3.77. The minimum Gasteiger partial charge on any atom is -0.326 e.